The lowest BCUT2D eigenvalue weighted by Crippen LogP contribution is -2.02. The van der Waals surface area contributed by atoms with Gasteiger partial charge >= 0.3 is 0 Å². The van der Waals surface area contributed by atoms with Crippen LogP contribution in [-0.2, 0) is 20.1 Å². The van der Waals surface area contributed by atoms with E-state index in [2.05, 4.69) is 18.0 Å². The van der Waals surface area contributed by atoms with Crippen molar-refractivity contribution in [3.63, 3.8) is 0 Å². The second-order valence-corrected chi connectivity index (χ2v) is 3.75. The Hall–Kier alpha value is -1.77. The van der Waals surface area contributed by atoms with Gasteiger partial charge in [-0.15, -0.1) is 0 Å². The lowest BCUT2D eigenvalue weighted by atomic mass is 10.1. The Kier molecular flexibility index (Phi) is 3.25. The lowest BCUT2D eigenvalue weighted by Gasteiger charge is -2.10. The Morgan fingerprint density at radius 1 is 1.31 bits per heavy atom. The molecule has 0 aliphatic heterocycles. The number of nitrogens with zero attached hydrogens (tertiary/aromatic N) is 2. The van der Waals surface area contributed by atoms with E-state index in [1.54, 1.807) is 6.33 Å². The number of aromatic nitrogens is 2. The van der Waals surface area contributed by atoms with E-state index < -0.39 is 0 Å². The minimum atomic E-state index is 0.563. The summed E-state index contributed by atoms with van der Waals surface area (Å²) in [5.41, 5.74) is 2.32. The first-order chi connectivity index (χ1) is 7.81. The third kappa shape index (κ3) is 2.24. The molecule has 1 aromatic heterocycles. The van der Waals surface area contributed by atoms with Gasteiger partial charge in [-0.25, -0.2) is 4.98 Å². The number of benzene rings is 1. The van der Waals surface area contributed by atoms with Crippen LogP contribution >= 0.6 is 0 Å². The van der Waals surface area contributed by atoms with Crippen molar-refractivity contribution < 1.29 is 4.74 Å². The van der Waals surface area contributed by atoms with Crippen molar-refractivity contribution in [2.45, 2.75) is 20.0 Å². The number of ether oxygens (including phenoxy) is 1. The van der Waals surface area contributed by atoms with Gasteiger partial charge in [0, 0.05) is 7.05 Å². The van der Waals surface area contributed by atoms with Gasteiger partial charge in [0.25, 0.3) is 0 Å². The first-order valence-corrected chi connectivity index (χ1v) is 5.47. The number of rotatable bonds is 4. The third-order valence-corrected chi connectivity index (χ3v) is 2.65. The van der Waals surface area contributed by atoms with Crippen molar-refractivity contribution in [3.05, 3.63) is 48.0 Å². The van der Waals surface area contributed by atoms with Crippen LogP contribution in [0, 0.1) is 0 Å². The van der Waals surface area contributed by atoms with E-state index in [-0.39, 0.29) is 0 Å². The fourth-order valence-electron chi connectivity index (χ4n) is 1.61. The molecule has 2 rings (SSSR count). The van der Waals surface area contributed by atoms with E-state index >= 15 is 0 Å². The number of imidazole rings is 1. The second kappa shape index (κ2) is 4.84. The maximum atomic E-state index is 5.79. The molecule has 16 heavy (non-hydrogen) atoms. The highest BCUT2D eigenvalue weighted by atomic mass is 16.5. The standard InChI is InChI=1S/C13H16N2O/c1-3-11-6-4-5-7-13(11)16-9-12-8-14-10-15(12)2/h4-8,10H,3,9H2,1-2H3. The summed E-state index contributed by atoms with van der Waals surface area (Å²) in [6.45, 7) is 2.69. The molecular formula is C13H16N2O. The van der Waals surface area contributed by atoms with Gasteiger partial charge in [0.15, 0.2) is 0 Å². The van der Waals surface area contributed by atoms with Gasteiger partial charge in [-0.3, -0.25) is 0 Å². The molecule has 3 nitrogen and oxygen atoms in total. The number of para-hydroxylation sites is 1. The average Bonchev–Trinajstić information content (AvgIpc) is 2.72. The monoisotopic (exact) mass is 216 g/mol. The van der Waals surface area contributed by atoms with Crippen LogP contribution in [0.15, 0.2) is 36.8 Å². The van der Waals surface area contributed by atoms with Crippen molar-refractivity contribution in [2.24, 2.45) is 7.05 Å². The fraction of sp³-hybridized carbons (Fsp3) is 0.308. The van der Waals surface area contributed by atoms with Gasteiger partial charge < -0.3 is 9.30 Å². The molecule has 0 aliphatic rings. The molecule has 0 saturated heterocycles. The summed E-state index contributed by atoms with van der Waals surface area (Å²) in [6, 6.07) is 8.14. The van der Waals surface area contributed by atoms with Crippen molar-refractivity contribution >= 4 is 0 Å². The summed E-state index contributed by atoms with van der Waals surface area (Å²) in [4.78, 5) is 4.06. The van der Waals surface area contributed by atoms with Gasteiger partial charge in [-0.05, 0) is 18.1 Å². The first kappa shape index (κ1) is 10.7. The van der Waals surface area contributed by atoms with Crippen LogP contribution < -0.4 is 4.74 Å². The summed E-state index contributed by atoms with van der Waals surface area (Å²) in [6.07, 6.45) is 4.60. The smallest absolute Gasteiger partial charge is 0.130 e. The second-order valence-electron chi connectivity index (χ2n) is 3.75. The van der Waals surface area contributed by atoms with Gasteiger partial charge in [-0.1, -0.05) is 25.1 Å². The van der Waals surface area contributed by atoms with Crippen LogP contribution in [-0.4, -0.2) is 9.55 Å². The van der Waals surface area contributed by atoms with Gasteiger partial charge in [0.2, 0.25) is 0 Å². The molecule has 84 valence electrons. The third-order valence-electron chi connectivity index (χ3n) is 2.65. The van der Waals surface area contributed by atoms with Crippen LogP contribution in [0.25, 0.3) is 0 Å². The number of aryl methyl sites for hydroxylation is 2. The predicted octanol–water partition coefficient (Wildman–Crippen LogP) is 2.56. The van der Waals surface area contributed by atoms with Crippen molar-refractivity contribution in [1.82, 2.24) is 9.55 Å². The molecule has 0 fully saturated rings. The highest BCUT2D eigenvalue weighted by molar-refractivity contribution is 5.33. The minimum absolute atomic E-state index is 0.563. The quantitative estimate of drug-likeness (QED) is 0.785. The molecule has 2 aromatic rings. The first-order valence-electron chi connectivity index (χ1n) is 5.47. The van der Waals surface area contributed by atoms with E-state index in [9.17, 15) is 0 Å². The van der Waals surface area contributed by atoms with E-state index in [1.807, 2.05) is 36.0 Å². The summed E-state index contributed by atoms with van der Waals surface area (Å²) >= 11 is 0. The molecular weight excluding hydrogens is 200 g/mol. The van der Waals surface area contributed by atoms with Gasteiger partial charge in [-0.2, -0.15) is 0 Å². The summed E-state index contributed by atoms with van der Waals surface area (Å²) < 4.78 is 7.76. The highest BCUT2D eigenvalue weighted by Gasteiger charge is 2.03. The van der Waals surface area contributed by atoms with Crippen LogP contribution in [0.4, 0.5) is 0 Å². The largest absolute Gasteiger partial charge is 0.487 e. The zero-order valence-electron chi connectivity index (χ0n) is 9.68. The van der Waals surface area contributed by atoms with E-state index in [1.165, 1.54) is 5.56 Å². The van der Waals surface area contributed by atoms with Crippen molar-refractivity contribution in [2.75, 3.05) is 0 Å². The molecule has 0 aliphatic carbocycles. The summed E-state index contributed by atoms with van der Waals surface area (Å²) in [7, 11) is 1.97. The summed E-state index contributed by atoms with van der Waals surface area (Å²) in [5, 5.41) is 0. The SMILES string of the molecule is CCc1ccccc1OCc1cncn1C. The number of hydrogen-bond donors (Lipinski definition) is 0. The van der Waals surface area contributed by atoms with Crippen LogP contribution in [0.3, 0.4) is 0 Å². The Morgan fingerprint density at radius 3 is 2.81 bits per heavy atom. The van der Waals surface area contributed by atoms with E-state index in [4.69, 9.17) is 4.74 Å². The van der Waals surface area contributed by atoms with E-state index in [0.717, 1.165) is 17.9 Å². The maximum Gasteiger partial charge on any atom is 0.130 e. The van der Waals surface area contributed by atoms with E-state index in [0.29, 0.717) is 6.61 Å². The normalized spacial score (nSPS) is 10.4. The minimum Gasteiger partial charge on any atom is -0.487 e. The Labute approximate surface area is 95.7 Å². The lowest BCUT2D eigenvalue weighted by molar-refractivity contribution is 0.294. The zero-order valence-corrected chi connectivity index (χ0v) is 9.68. The molecule has 0 amide bonds. The van der Waals surface area contributed by atoms with Crippen molar-refractivity contribution in [1.29, 1.82) is 0 Å². The topological polar surface area (TPSA) is 27.1 Å². The van der Waals surface area contributed by atoms with Gasteiger partial charge in [0.1, 0.15) is 12.4 Å². The van der Waals surface area contributed by atoms with Crippen LogP contribution in [0.1, 0.15) is 18.2 Å². The predicted molar refractivity (Wildman–Crippen MR) is 63.4 cm³/mol. The number of hydrogen-bond acceptors (Lipinski definition) is 2. The summed E-state index contributed by atoms with van der Waals surface area (Å²) in [5.74, 6) is 0.964. The molecule has 3 heteroatoms. The molecule has 0 atom stereocenters. The molecule has 0 bridgehead atoms. The zero-order chi connectivity index (χ0) is 11.4. The fourth-order valence-corrected chi connectivity index (χ4v) is 1.61. The molecule has 0 spiro atoms. The Morgan fingerprint density at radius 2 is 2.12 bits per heavy atom. The van der Waals surface area contributed by atoms with Crippen LogP contribution in [0.2, 0.25) is 0 Å². The molecule has 0 unspecified atom stereocenters. The average molecular weight is 216 g/mol. The highest BCUT2D eigenvalue weighted by Crippen LogP contribution is 2.19. The van der Waals surface area contributed by atoms with Gasteiger partial charge in [0.05, 0.1) is 18.2 Å². The van der Waals surface area contributed by atoms with Crippen LogP contribution in [0.5, 0.6) is 5.75 Å². The molecule has 0 radical (unpaired) electrons. The molecule has 1 heterocycles. The molecule has 0 saturated carbocycles. The molecule has 1 aromatic carbocycles. The maximum absolute atomic E-state index is 5.79. The Bertz CT molecular complexity index is 462. The van der Waals surface area contributed by atoms with Crippen molar-refractivity contribution in [3.8, 4) is 5.75 Å². The molecule has 0 N–H and O–H groups in total. The Balaban J connectivity index is 2.07.